The Morgan fingerprint density at radius 1 is 0.885 bits per heavy atom. The lowest BCUT2D eigenvalue weighted by atomic mass is 10.1. The molecule has 0 saturated carbocycles. The van der Waals surface area contributed by atoms with E-state index in [1.54, 1.807) is 12.1 Å². The Morgan fingerprint density at radius 3 is 2.04 bits per heavy atom. The highest BCUT2D eigenvalue weighted by atomic mass is 32.2. The molecule has 2 rings (SSSR count). The first-order valence-electron chi connectivity index (χ1n) is 7.96. The third kappa shape index (κ3) is 5.89. The summed E-state index contributed by atoms with van der Waals surface area (Å²) in [7, 11) is -3.35. The van der Waals surface area contributed by atoms with Crippen LogP contribution in [0.25, 0.3) is 0 Å². The minimum atomic E-state index is -3.35. The number of hydrogen-bond acceptors (Lipinski definition) is 4. The first kappa shape index (κ1) is 19.5. The highest BCUT2D eigenvalue weighted by molar-refractivity contribution is 7.92. The van der Waals surface area contributed by atoms with Gasteiger partial charge in [-0.1, -0.05) is 18.2 Å². The number of rotatable bonds is 7. The number of benzene rings is 2. The van der Waals surface area contributed by atoms with E-state index < -0.39 is 10.0 Å². The van der Waals surface area contributed by atoms with Crippen molar-refractivity contribution in [2.75, 3.05) is 24.1 Å². The van der Waals surface area contributed by atoms with Gasteiger partial charge in [-0.25, -0.2) is 8.42 Å². The Balaban J connectivity index is 1.80. The summed E-state index contributed by atoms with van der Waals surface area (Å²) in [5, 5.41) is 5.45. The van der Waals surface area contributed by atoms with Crippen molar-refractivity contribution in [1.29, 1.82) is 0 Å². The largest absolute Gasteiger partial charge is 0.350 e. The number of sulfonamides is 1. The first-order valence-corrected chi connectivity index (χ1v) is 9.85. The Kier molecular flexibility index (Phi) is 6.35. The number of carbonyl (C=O) groups is 2. The summed E-state index contributed by atoms with van der Waals surface area (Å²) in [6.45, 7) is 2.44. The van der Waals surface area contributed by atoms with Gasteiger partial charge in [0.1, 0.15) is 0 Å². The van der Waals surface area contributed by atoms with Gasteiger partial charge in [-0.3, -0.25) is 14.3 Å². The molecular weight excluding hydrogens is 354 g/mol. The van der Waals surface area contributed by atoms with E-state index in [2.05, 4.69) is 15.4 Å². The molecule has 0 spiro atoms. The highest BCUT2D eigenvalue weighted by Crippen LogP contribution is 2.10. The van der Waals surface area contributed by atoms with Gasteiger partial charge >= 0.3 is 0 Å². The average Bonchev–Trinajstić information content (AvgIpc) is 2.58. The molecule has 26 heavy (non-hydrogen) atoms. The average molecular weight is 375 g/mol. The Hall–Kier alpha value is -2.87. The molecule has 0 heterocycles. The molecule has 8 heteroatoms. The lowest BCUT2D eigenvalue weighted by Gasteiger charge is -2.09. The molecule has 2 aromatic rings. The number of aryl methyl sites for hydroxylation is 1. The number of nitrogens with one attached hydrogen (secondary N) is 3. The van der Waals surface area contributed by atoms with Crippen LogP contribution >= 0.6 is 0 Å². The highest BCUT2D eigenvalue weighted by Gasteiger charge is 2.09. The zero-order valence-electron chi connectivity index (χ0n) is 14.6. The fourth-order valence-electron chi connectivity index (χ4n) is 2.28. The van der Waals surface area contributed by atoms with Gasteiger partial charge in [0.05, 0.1) is 6.26 Å². The lowest BCUT2D eigenvalue weighted by Crippen LogP contribution is -2.34. The standard InChI is InChI=1S/C18H21N3O4S/c1-13-5-3-4-6-16(13)18(23)20-12-11-19-17(22)14-7-9-15(10-8-14)21-26(2,24)25/h3-10,21H,11-12H2,1-2H3,(H,19,22)(H,20,23). The van der Waals surface area contributed by atoms with Crippen LogP contribution < -0.4 is 15.4 Å². The maximum atomic E-state index is 12.1. The van der Waals surface area contributed by atoms with Crippen LogP contribution in [0.1, 0.15) is 26.3 Å². The van der Waals surface area contributed by atoms with Crippen LogP contribution in [0.4, 0.5) is 5.69 Å². The van der Waals surface area contributed by atoms with Crippen LogP contribution in [0.5, 0.6) is 0 Å². The second-order valence-corrected chi connectivity index (χ2v) is 7.53. The van der Waals surface area contributed by atoms with Crippen LogP contribution in [0.15, 0.2) is 48.5 Å². The van der Waals surface area contributed by atoms with Crippen LogP contribution in [-0.4, -0.2) is 39.6 Å². The molecule has 0 atom stereocenters. The molecule has 0 aliphatic rings. The van der Waals surface area contributed by atoms with Gasteiger partial charge < -0.3 is 10.6 Å². The van der Waals surface area contributed by atoms with Gasteiger partial charge in [-0.2, -0.15) is 0 Å². The second kappa shape index (κ2) is 8.48. The Morgan fingerprint density at radius 2 is 1.46 bits per heavy atom. The molecule has 0 radical (unpaired) electrons. The van der Waals surface area contributed by atoms with Crippen LogP contribution in [0, 0.1) is 6.92 Å². The molecule has 0 aliphatic heterocycles. The van der Waals surface area contributed by atoms with Gasteiger partial charge in [0.2, 0.25) is 10.0 Å². The SMILES string of the molecule is Cc1ccccc1C(=O)NCCNC(=O)c1ccc(NS(C)(=O)=O)cc1. The summed E-state index contributed by atoms with van der Waals surface area (Å²) in [5.74, 6) is -0.491. The molecule has 0 fully saturated rings. The van der Waals surface area contributed by atoms with Crippen molar-refractivity contribution in [3.63, 3.8) is 0 Å². The van der Waals surface area contributed by atoms with Crippen molar-refractivity contribution < 1.29 is 18.0 Å². The van der Waals surface area contributed by atoms with Gasteiger partial charge in [0.15, 0.2) is 0 Å². The summed E-state index contributed by atoms with van der Waals surface area (Å²) in [4.78, 5) is 24.1. The monoisotopic (exact) mass is 375 g/mol. The molecule has 2 amide bonds. The van der Waals surface area contributed by atoms with E-state index in [1.807, 2.05) is 19.1 Å². The fraction of sp³-hybridized carbons (Fsp3) is 0.222. The predicted octanol–water partition coefficient (Wildman–Crippen LogP) is 1.53. The summed E-state index contributed by atoms with van der Waals surface area (Å²) >= 11 is 0. The molecule has 7 nitrogen and oxygen atoms in total. The minimum Gasteiger partial charge on any atom is -0.350 e. The van der Waals surface area contributed by atoms with Gasteiger partial charge in [0.25, 0.3) is 11.8 Å². The fourth-order valence-corrected chi connectivity index (χ4v) is 2.84. The smallest absolute Gasteiger partial charge is 0.251 e. The lowest BCUT2D eigenvalue weighted by molar-refractivity contribution is 0.0927. The van der Waals surface area contributed by atoms with Crippen molar-refractivity contribution in [3.8, 4) is 0 Å². The predicted molar refractivity (Wildman–Crippen MR) is 101 cm³/mol. The minimum absolute atomic E-state index is 0.187. The third-order valence-corrected chi connectivity index (χ3v) is 4.14. The molecular formula is C18H21N3O4S. The quantitative estimate of drug-likeness (QED) is 0.638. The number of anilines is 1. The molecule has 0 aliphatic carbocycles. The van der Waals surface area contributed by atoms with Crippen molar-refractivity contribution >= 4 is 27.5 Å². The van der Waals surface area contributed by atoms with E-state index in [4.69, 9.17) is 0 Å². The van der Waals surface area contributed by atoms with Crippen LogP contribution in [0.2, 0.25) is 0 Å². The Bertz CT molecular complexity index is 893. The van der Waals surface area contributed by atoms with E-state index in [0.29, 0.717) is 23.4 Å². The van der Waals surface area contributed by atoms with Gasteiger partial charge in [-0.05, 0) is 42.8 Å². The zero-order chi connectivity index (χ0) is 19.2. The summed E-state index contributed by atoms with van der Waals surface area (Å²) in [5.41, 5.74) is 2.27. The van der Waals surface area contributed by atoms with Crippen molar-refractivity contribution in [2.45, 2.75) is 6.92 Å². The molecule has 138 valence electrons. The Labute approximate surface area is 152 Å². The van der Waals surface area contributed by atoms with E-state index in [-0.39, 0.29) is 18.4 Å². The molecule has 0 bridgehead atoms. The number of carbonyl (C=O) groups excluding carboxylic acids is 2. The van der Waals surface area contributed by atoms with E-state index in [9.17, 15) is 18.0 Å². The summed E-state index contributed by atoms with van der Waals surface area (Å²) in [6, 6.07) is 13.3. The summed E-state index contributed by atoms with van der Waals surface area (Å²) in [6.07, 6.45) is 1.05. The maximum Gasteiger partial charge on any atom is 0.251 e. The zero-order valence-corrected chi connectivity index (χ0v) is 15.4. The van der Waals surface area contributed by atoms with E-state index >= 15 is 0 Å². The topological polar surface area (TPSA) is 104 Å². The third-order valence-electron chi connectivity index (χ3n) is 3.54. The molecule has 0 unspecified atom stereocenters. The van der Waals surface area contributed by atoms with Crippen molar-refractivity contribution in [3.05, 3.63) is 65.2 Å². The van der Waals surface area contributed by atoms with E-state index in [0.717, 1.165) is 11.8 Å². The molecule has 0 aromatic heterocycles. The van der Waals surface area contributed by atoms with Crippen molar-refractivity contribution in [2.24, 2.45) is 0 Å². The van der Waals surface area contributed by atoms with Crippen LogP contribution in [-0.2, 0) is 10.0 Å². The second-order valence-electron chi connectivity index (χ2n) is 5.78. The van der Waals surface area contributed by atoms with Gasteiger partial charge in [0, 0.05) is 29.9 Å². The molecule has 0 saturated heterocycles. The number of amides is 2. The van der Waals surface area contributed by atoms with Crippen LogP contribution in [0.3, 0.4) is 0 Å². The van der Waals surface area contributed by atoms with E-state index in [1.165, 1.54) is 24.3 Å². The summed E-state index contributed by atoms with van der Waals surface area (Å²) < 4.78 is 24.6. The first-order chi connectivity index (χ1) is 12.3. The number of hydrogen-bond donors (Lipinski definition) is 3. The molecule has 3 N–H and O–H groups in total. The molecule has 2 aromatic carbocycles. The van der Waals surface area contributed by atoms with Gasteiger partial charge in [-0.15, -0.1) is 0 Å². The van der Waals surface area contributed by atoms with Crippen molar-refractivity contribution in [1.82, 2.24) is 10.6 Å². The normalized spacial score (nSPS) is 10.8. The maximum absolute atomic E-state index is 12.1.